The molecule has 1 unspecified atom stereocenters. The molecule has 1 atom stereocenters. The average molecular weight is 290 g/mol. The molecule has 0 aliphatic heterocycles. The molecule has 1 aromatic heterocycles. The van der Waals surface area contributed by atoms with Crippen molar-refractivity contribution in [2.24, 2.45) is 0 Å². The Kier molecular flexibility index (Phi) is 4.85. The predicted molar refractivity (Wildman–Crippen MR) is 80.8 cm³/mol. The van der Waals surface area contributed by atoms with E-state index in [0.29, 0.717) is 29.5 Å². The number of hydrogen-bond acceptors (Lipinski definition) is 4. The van der Waals surface area contributed by atoms with E-state index >= 15 is 0 Å². The van der Waals surface area contributed by atoms with Gasteiger partial charge in [0.2, 0.25) is 0 Å². The number of ether oxygens (including phenoxy) is 2. The predicted octanol–water partition coefficient (Wildman–Crippen LogP) is 2.76. The third kappa shape index (κ3) is 3.36. The lowest BCUT2D eigenvalue weighted by atomic mass is 10.1. The van der Waals surface area contributed by atoms with Crippen LogP contribution < -0.4 is 9.47 Å². The zero-order valence-electron chi connectivity index (χ0n) is 12.9. The van der Waals surface area contributed by atoms with Crippen molar-refractivity contribution in [3.05, 3.63) is 42.0 Å². The highest BCUT2D eigenvalue weighted by molar-refractivity contribution is 5.41. The summed E-state index contributed by atoms with van der Waals surface area (Å²) in [6.07, 6.45) is 2.94. The Bertz CT molecular complexity index is 593. The van der Waals surface area contributed by atoms with Crippen molar-refractivity contribution in [1.29, 1.82) is 0 Å². The summed E-state index contributed by atoms with van der Waals surface area (Å²) < 4.78 is 12.5. The largest absolute Gasteiger partial charge is 0.497 e. The van der Waals surface area contributed by atoms with Crippen molar-refractivity contribution in [3.8, 4) is 11.5 Å². The van der Waals surface area contributed by atoms with Gasteiger partial charge in [-0.15, -0.1) is 0 Å². The van der Waals surface area contributed by atoms with E-state index in [1.807, 2.05) is 16.8 Å². The van der Waals surface area contributed by atoms with Crippen molar-refractivity contribution in [2.75, 3.05) is 14.2 Å². The van der Waals surface area contributed by atoms with Crippen LogP contribution in [0.5, 0.6) is 11.5 Å². The summed E-state index contributed by atoms with van der Waals surface area (Å²) in [5.41, 5.74) is 0.709. The topological polar surface area (TPSA) is 56.5 Å². The number of aliphatic hydroxyl groups is 1. The van der Waals surface area contributed by atoms with Crippen LogP contribution in [-0.2, 0) is 6.54 Å². The molecular weight excluding hydrogens is 268 g/mol. The molecule has 0 saturated carbocycles. The van der Waals surface area contributed by atoms with Crippen molar-refractivity contribution >= 4 is 0 Å². The minimum atomic E-state index is -0.693. The molecule has 21 heavy (non-hydrogen) atoms. The van der Waals surface area contributed by atoms with Crippen LogP contribution in [0.3, 0.4) is 0 Å². The van der Waals surface area contributed by atoms with Gasteiger partial charge in [-0.1, -0.05) is 13.8 Å². The summed E-state index contributed by atoms with van der Waals surface area (Å²) in [7, 11) is 3.19. The second-order valence-electron chi connectivity index (χ2n) is 5.22. The van der Waals surface area contributed by atoms with E-state index in [4.69, 9.17) is 9.47 Å². The van der Waals surface area contributed by atoms with Crippen LogP contribution in [0.4, 0.5) is 0 Å². The molecule has 0 bridgehead atoms. The molecule has 0 radical (unpaired) electrons. The van der Waals surface area contributed by atoms with E-state index < -0.39 is 6.10 Å². The van der Waals surface area contributed by atoms with Crippen molar-refractivity contribution in [3.63, 3.8) is 0 Å². The number of rotatable bonds is 6. The number of nitrogens with zero attached hydrogens (tertiary/aromatic N) is 2. The van der Waals surface area contributed by atoms with Gasteiger partial charge in [-0.05, 0) is 18.2 Å². The van der Waals surface area contributed by atoms with Crippen LogP contribution in [0, 0.1) is 0 Å². The zero-order chi connectivity index (χ0) is 15.4. The van der Waals surface area contributed by atoms with Gasteiger partial charge in [0.25, 0.3) is 0 Å². The minimum absolute atomic E-state index is 0.305. The smallest absolute Gasteiger partial charge is 0.124 e. The number of aliphatic hydroxyl groups excluding tert-OH is 1. The van der Waals surface area contributed by atoms with Gasteiger partial charge in [0.1, 0.15) is 23.4 Å². The summed E-state index contributed by atoms with van der Waals surface area (Å²) in [6.45, 7) is 4.59. The highest BCUT2D eigenvalue weighted by Gasteiger charge is 2.17. The van der Waals surface area contributed by atoms with Gasteiger partial charge in [0.05, 0.1) is 20.8 Å². The van der Waals surface area contributed by atoms with Crippen LogP contribution in [0.2, 0.25) is 0 Å². The van der Waals surface area contributed by atoms with E-state index in [1.165, 1.54) is 0 Å². The summed E-state index contributed by atoms with van der Waals surface area (Å²) in [5, 5.41) is 10.5. The van der Waals surface area contributed by atoms with Crippen molar-refractivity contribution in [2.45, 2.75) is 32.4 Å². The Morgan fingerprint density at radius 2 is 2.00 bits per heavy atom. The van der Waals surface area contributed by atoms with E-state index in [2.05, 4.69) is 18.8 Å². The molecule has 0 saturated heterocycles. The number of methoxy groups -OCH3 is 2. The van der Waals surface area contributed by atoms with E-state index in [9.17, 15) is 5.11 Å². The Labute approximate surface area is 125 Å². The Balaban J connectivity index is 2.27. The zero-order valence-corrected chi connectivity index (χ0v) is 12.9. The number of imidazole rings is 1. The van der Waals surface area contributed by atoms with Crippen LogP contribution in [0.15, 0.2) is 30.6 Å². The minimum Gasteiger partial charge on any atom is -0.497 e. The maximum atomic E-state index is 10.5. The van der Waals surface area contributed by atoms with E-state index in [-0.39, 0.29) is 0 Å². The molecule has 1 heterocycles. The number of hydrogen-bond donors (Lipinski definition) is 1. The van der Waals surface area contributed by atoms with E-state index in [1.54, 1.807) is 32.5 Å². The Morgan fingerprint density at radius 1 is 1.24 bits per heavy atom. The first-order valence-electron chi connectivity index (χ1n) is 6.97. The third-order valence-corrected chi connectivity index (χ3v) is 3.43. The van der Waals surface area contributed by atoms with E-state index in [0.717, 1.165) is 5.82 Å². The fourth-order valence-corrected chi connectivity index (χ4v) is 2.36. The van der Waals surface area contributed by atoms with Crippen LogP contribution in [-0.4, -0.2) is 28.9 Å². The molecule has 0 fully saturated rings. The van der Waals surface area contributed by atoms with Crippen LogP contribution in [0.25, 0.3) is 0 Å². The van der Waals surface area contributed by atoms with Gasteiger partial charge in [-0.25, -0.2) is 4.98 Å². The molecule has 5 nitrogen and oxygen atoms in total. The maximum absolute atomic E-state index is 10.5. The first-order valence-corrected chi connectivity index (χ1v) is 6.97. The normalized spacial score (nSPS) is 12.5. The molecule has 0 spiro atoms. The first-order chi connectivity index (χ1) is 10.1. The fraction of sp³-hybridized carbons (Fsp3) is 0.438. The van der Waals surface area contributed by atoms with Gasteiger partial charge in [-0.3, -0.25) is 0 Å². The van der Waals surface area contributed by atoms with Gasteiger partial charge in [-0.2, -0.15) is 0 Å². The molecule has 2 aromatic rings. The third-order valence-electron chi connectivity index (χ3n) is 3.43. The summed E-state index contributed by atoms with van der Waals surface area (Å²) in [5.74, 6) is 2.60. The SMILES string of the molecule is COc1ccc(OC)c(C(O)Cn2ccnc2C(C)C)c1. The molecule has 114 valence electrons. The molecular formula is C16H22N2O3. The van der Waals surface area contributed by atoms with Crippen molar-refractivity contribution < 1.29 is 14.6 Å². The van der Waals surface area contributed by atoms with Gasteiger partial charge < -0.3 is 19.1 Å². The summed E-state index contributed by atoms with van der Waals surface area (Å²) in [4.78, 5) is 4.33. The number of aromatic nitrogens is 2. The monoisotopic (exact) mass is 290 g/mol. The van der Waals surface area contributed by atoms with Crippen molar-refractivity contribution in [1.82, 2.24) is 9.55 Å². The first kappa shape index (κ1) is 15.4. The number of benzene rings is 1. The Hall–Kier alpha value is -2.01. The quantitative estimate of drug-likeness (QED) is 0.888. The van der Waals surface area contributed by atoms with Gasteiger partial charge in [0.15, 0.2) is 0 Å². The molecule has 1 aromatic carbocycles. The lowest BCUT2D eigenvalue weighted by Gasteiger charge is -2.18. The van der Waals surface area contributed by atoms with Crippen LogP contribution in [0.1, 0.15) is 37.3 Å². The summed E-state index contributed by atoms with van der Waals surface area (Å²) in [6, 6.07) is 5.41. The van der Waals surface area contributed by atoms with Gasteiger partial charge in [0, 0.05) is 23.9 Å². The molecule has 2 rings (SSSR count). The lowest BCUT2D eigenvalue weighted by molar-refractivity contribution is 0.150. The second kappa shape index (κ2) is 6.63. The van der Waals surface area contributed by atoms with Crippen LogP contribution >= 0.6 is 0 Å². The standard InChI is InChI=1S/C16H22N2O3/c1-11(2)16-17-7-8-18(16)10-14(19)13-9-12(20-3)5-6-15(13)21-4/h5-9,11,14,19H,10H2,1-4H3. The molecule has 5 heteroatoms. The summed E-state index contributed by atoms with van der Waals surface area (Å²) >= 11 is 0. The van der Waals surface area contributed by atoms with Gasteiger partial charge >= 0.3 is 0 Å². The average Bonchev–Trinajstić information content (AvgIpc) is 2.94. The highest BCUT2D eigenvalue weighted by atomic mass is 16.5. The Morgan fingerprint density at radius 3 is 2.62 bits per heavy atom. The lowest BCUT2D eigenvalue weighted by Crippen LogP contribution is -2.12. The fourth-order valence-electron chi connectivity index (χ4n) is 2.36. The molecule has 0 aliphatic rings. The second-order valence-corrected chi connectivity index (χ2v) is 5.22. The maximum Gasteiger partial charge on any atom is 0.124 e. The highest BCUT2D eigenvalue weighted by Crippen LogP contribution is 2.30. The molecule has 0 aliphatic carbocycles. The molecule has 0 amide bonds. The molecule has 1 N–H and O–H groups in total.